The number of hydrogen-bond acceptors (Lipinski definition) is 2. The zero-order chi connectivity index (χ0) is 11.2. The number of imidazole rings is 1. The van der Waals surface area contributed by atoms with Crippen molar-refractivity contribution in [3.8, 4) is 0 Å². The van der Waals surface area contributed by atoms with Gasteiger partial charge in [-0.05, 0) is 24.0 Å². The van der Waals surface area contributed by atoms with Crippen LogP contribution >= 0.6 is 0 Å². The molecule has 2 unspecified atom stereocenters. The highest BCUT2D eigenvalue weighted by atomic mass is 15.2. The number of fused-ring (bicyclic) bond motifs is 5. The summed E-state index contributed by atoms with van der Waals surface area (Å²) in [5.74, 6) is 0. The molecular weight excluding hydrogens is 210 g/mol. The van der Waals surface area contributed by atoms with Gasteiger partial charge >= 0.3 is 0 Å². The van der Waals surface area contributed by atoms with Gasteiger partial charge in [0.15, 0.2) is 0 Å². The van der Waals surface area contributed by atoms with Gasteiger partial charge in [0.2, 0.25) is 0 Å². The van der Waals surface area contributed by atoms with Gasteiger partial charge in [-0.2, -0.15) is 0 Å². The number of aromatic amines is 1. The first-order chi connectivity index (χ1) is 8.43. The Bertz CT molecular complexity index is 501. The molecule has 0 amide bonds. The van der Waals surface area contributed by atoms with Crippen LogP contribution in [0.2, 0.25) is 0 Å². The van der Waals surface area contributed by atoms with Gasteiger partial charge in [-0.3, -0.25) is 4.90 Å². The number of rotatable bonds is 2. The second kappa shape index (κ2) is 3.44. The predicted octanol–water partition coefficient (Wildman–Crippen LogP) is 2.80. The van der Waals surface area contributed by atoms with E-state index in [9.17, 15) is 0 Å². The Hall–Kier alpha value is -1.61. The topological polar surface area (TPSA) is 31.9 Å². The van der Waals surface area contributed by atoms with Gasteiger partial charge in [0.05, 0.1) is 6.33 Å². The van der Waals surface area contributed by atoms with E-state index in [1.54, 1.807) is 17.5 Å². The van der Waals surface area contributed by atoms with Gasteiger partial charge in [0, 0.05) is 30.5 Å². The van der Waals surface area contributed by atoms with Crippen molar-refractivity contribution in [3.63, 3.8) is 0 Å². The van der Waals surface area contributed by atoms with Crippen LogP contribution in [0.25, 0.3) is 0 Å². The van der Waals surface area contributed by atoms with E-state index in [1.807, 2.05) is 6.20 Å². The third kappa shape index (κ3) is 1.29. The summed E-state index contributed by atoms with van der Waals surface area (Å²) in [4.78, 5) is 9.92. The molecule has 4 rings (SSSR count). The number of benzene rings is 1. The monoisotopic (exact) mass is 225 g/mol. The van der Waals surface area contributed by atoms with Crippen LogP contribution in [0.4, 0.5) is 0 Å². The molecule has 1 saturated heterocycles. The second-order valence-electron chi connectivity index (χ2n) is 4.99. The van der Waals surface area contributed by atoms with Crippen LogP contribution in [-0.4, -0.2) is 14.9 Å². The summed E-state index contributed by atoms with van der Waals surface area (Å²) in [5.41, 5.74) is 4.31. The minimum atomic E-state index is 0.625. The van der Waals surface area contributed by atoms with E-state index < -0.39 is 0 Å². The van der Waals surface area contributed by atoms with Gasteiger partial charge < -0.3 is 4.98 Å². The summed E-state index contributed by atoms with van der Waals surface area (Å²) in [6.45, 7) is 0.990. The lowest BCUT2D eigenvalue weighted by atomic mass is 9.92. The minimum Gasteiger partial charge on any atom is -0.347 e. The Kier molecular flexibility index (Phi) is 1.91. The number of hydrogen-bond donors (Lipinski definition) is 1. The van der Waals surface area contributed by atoms with E-state index >= 15 is 0 Å². The van der Waals surface area contributed by atoms with Gasteiger partial charge in [-0.25, -0.2) is 4.98 Å². The quantitative estimate of drug-likeness (QED) is 0.852. The van der Waals surface area contributed by atoms with Crippen LogP contribution in [0.5, 0.6) is 0 Å². The Morgan fingerprint density at radius 1 is 1.18 bits per heavy atom. The smallest absolute Gasteiger partial charge is 0.0922 e. The van der Waals surface area contributed by atoms with E-state index in [0.717, 1.165) is 6.54 Å². The maximum Gasteiger partial charge on any atom is 0.0922 e. The van der Waals surface area contributed by atoms with E-state index in [2.05, 4.69) is 39.1 Å². The summed E-state index contributed by atoms with van der Waals surface area (Å²) in [6, 6.07) is 10.2. The zero-order valence-electron chi connectivity index (χ0n) is 9.63. The molecule has 0 radical (unpaired) electrons. The normalized spacial score (nSPS) is 26.4. The maximum atomic E-state index is 4.10. The first kappa shape index (κ1) is 9.42. The summed E-state index contributed by atoms with van der Waals surface area (Å²) >= 11 is 0. The average Bonchev–Trinajstić information content (AvgIpc) is 3.06. The number of H-pyrrole nitrogens is 1. The van der Waals surface area contributed by atoms with Crippen molar-refractivity contribution in [1.82, 2.24) is 14.9 Å². The fourth-order valence-corrected chi connectivity index (χ4v) is 3.44. The molecule has 1 aromatic heterocycles. The van der Waals surface area contributed by atoms with Crippen LogP contribution < -0.4 is 0 Å². The lowest BCUT2D eigenvalue weighted by Crippen LogP contribution is -2.19. The molecule has 3 nitrogen and oxygen atoms in total. The van der Waals surface area contributed by atoms with Crippen LogP contribution in [-0.2, 0) is 6.54 Å². The standard InChI is InChI=1S/C14H15N3/c1-2-4-12-11(3-1)13-5-6-14(12)17(13)8-10-7-15-9-16-10/h1-4,7,9,13-14H,5-6,8H2,(H,15,16). The molecule has 0 saturated carbocycles. The molecular formula is C14H15N3. The number of aromatic nitrogens is 2. The van der Waals surface area contributed by atoms with Gasteiger partial charge in [-0.1, -0.05) is 24.3 Å². The van der Waals surface area contributed by atoms with E-state index in [4.69, 9.17) is 0 Å². The van der Waals surface area contributed by atoms with Crippen LogP contribution in [0.3, 0.4) is 0 Å². The Labute approximate surface area is 100 Å². The summed E-state index contributed by atoms with van der Waals surface area (Å²) in [7, 11) is 0. The molecule has 3 heteroatoms. The van der Waals surface area contributed by atoms with Crippen molar-refractivity contribution >= 4 is 0 Å². The van der Waals surface area contributed by atoms with E-state index in [1.165, 1.54) is 18.5 Å². The van der Waals surface area contributed by atoms with Crippen LogP contribution in [0.1, 0.15) is 41.7 Å². The molecule has 2 aliphatic heterocycles. The minimum absolute atomic E-state index is 0.625. The third-order valence-corrected chi connectivity index (χ3v) is 4.14. The largest absolute Gasteiger partial charge is 0.347 e. The molecule has 2 bridgehead atoms. The molecule has 3 heterocycles. The van der Waals surface area contributed by atoms with Crippen molar-refractivity contribution in [1.29, 1.82) is 0 Å². The highest BCUT2D eigenvalue weighted by Gasteiger charge is 2.43. The Morgan fingerprint density at radius 2 is 1.88 bits per heavy atom. The molecule has 1 aromatic carbocycles. The molecule has 86 valence electrons. The van der Waals surface area contributed by atoms with Gasteiger partial charge in [-0.15, -0.1) is 0 Å². The van der Waals surface area contributed by atoms with Crippen LogP contribution in [0, 0.1) is 0 Å². The first-order valence-corrected chi connectivity index (χ1v) is 6.25. The molecule has 17 heavy (non-hydrogen) atoms. The predicted molar refractivity (Wildman–Crippen MR) is 65.3 cm³/mol. The summed E-state index contributed by atoms with van der Waals surface area (Å²) in [6.07, 6.45) is 6.30. The lowest BCUT2D eigenvalue weighted by molar-refractivity contribution is 0.211. The number of nitrogens with zero attached hydrogens (tertiary/aromatic N) is 2. The molecule has 1 fully saturated rings. The second-order valence-corrected chi connectivity index (χ2v) is 4.99. The molecule has 2 aliphatic rings. The molecule has 2 aromatic rings. The maximum absolute atomic E-state index is 4.10. The average molecular weight is 225 g/mol. The lowest BCUT2D eigenvalue weighted by Gasteiger charge is -2.20. The SMILES string of the molecule is c1ccc2c(c1)C1CCC2N1Cc1cnc[nH]1. The third-order valence-electron chi connectivity index (χ3n) is 4.14. The molecule has 0 spiro atoms. The van der Waals surface area contributed by atoms with Crippen molar-refractivity contribution in [2.75, 3.05) is 0 Å². The van der Waals surface area contributed by atoms with Crippen LogP contribution in [0.15, 0.2) is 36.8 Å². The zero-order valence-corrected chi connectivity index (χ0v) is 9.63. The Morgan fingerprint density at radius 3 is 2.47 bits per heavy atom. The van der Waals surface area contributed by atoms with Crippen molar-refractivity contribution in [2.24, 2.45) is 0 Å². The summed E-state index contributed by atoms with van der Waals surface area (Å²) in [5, 5.41) is 0. The highest BCUT2D eigenvalue weighted by molar-refractivity contribution is 5.40. The summed E-state index contributed by atoms with van der Waals surface area (Å²) < 4.78 is 0. The fourth-order valence-electron chi connectivity index (χ4n) is 3.44. The van der Waals surface area contributed by atoms with Gasteiger partial charge in [0.25, 0.3) is 0 Å². The molecule has 0 aliphatic carbocycles. The first-order valence-electron chi connectivity index (χ1n) is 6.25. The van der Waals surface area contributed by atoms with E-state index in [-0.39, 0.29) is 0 Å². The van der Waals surface area contributed by atoms with Crippen molar-refractivity contribution < 1.29 is 0 Å². The van der Waals surface area contributed by atoms with E-state index in [0.29, 0.717) is 12.1 Å². The molecule has 2 atom stereocenters. The fraction of sp³-hybridized carbons (Fsp3) is 0.357. The molecule has 1 N–H and O–H groups in total. The van der Waals surface area contributed by atoms with Gasteiger partial charge in [0.1, 0.15) is 0 Å². The van der Waals surface area contributed by atoms with Crippen molar-refractivity contribution in [2.45, 2.75) is 31.5 Å². The van der Waals surface area contributed by atoms with Crippen molar-refractivity contribution in [3.05, 3.63) is 53.6 Å². The highest BCUT2D eigenvalue weighted by Crippen LogP contribution is 2.53. The Balaban J connectivity index is 1.69. The number of nitrogens with one attached hydrogen (secondary N) is 1.